The number of amides is 1. The van der Waals surface area contributed by atoms with Crippen LogP contribution in [0.25, 0.3) is 32.8 Å². The Morgan fingerprint density at radius 1 is 0.863 bits per heavy atom. The second-order valence-electron chi connectivity index (χ2n) is 12.6. The maximum Gasteiger partial charge on any atom is 0.417 e. The zero-order valence-electron chi connectivity index (χ0n) is 27.1. The second-order valence-corrected chi connectivity index (χ2v) is 12.6. The van der Waals surface area contributed by atoms with Gasteiger partial charge in [0.25, 0.3) is 5.56 Å². The van der Waals surface area contributed by atoms with Crippen LogP contribution in [0.1, 0.15) is 37.3 Å². The molecule has 0 aliphatic carbocycles. The fourth-order valence-corrected chi connectivity index (χ4v) is 7.08. The molecule has 2 heterocycles. The molecule has 0 bridgehead atoms. The molecule has 4 aromatic rings. The summed E-state index contributed by atoms with van der Waals surface area (Å²) in [5.41, 5.74) is -5.94. The number of hydrogen-bond donors (Lipinski definition) is 2. The molecule has 1 saturated heterocycles. The van der Waals surface area contributed by atoms with Gasteiger partial charge in [0.2, 0.25) is 5.91 Å². The molecule has 1 aliphatic heterocycles. The van der Waals surface area contributed by atoms with Crippen LogP contribution in [0.3, 0.4) is 0 Å². The van der Waals surface area contributed by atoms with E-state index in [1.807, 2.05) is 5.32 Å². The number of carbonyl (C=O) groups is 2. The van der Waals surface area contributed by atoms with Crippen molar-refractivity contribution in [3.05, 3.63) is 82.1 Å². The number of aromatic nitrogens is 1. The fraction of sp³-hybridized carbons (Fsp3) is 0.400. The van der Waals surface area contributed by atoms with Crippen molar-refractivity contribution in [2.75, 3.05) is 13.1 Å². The normalized spacial score (nSPS) is 17.0. The molecule has 0 spiro atoms. The van der Waals surface area contributed by atoms with Crippen LogP contribution in [0.5, 0.6) is 0 Å². The van der Waals surface area contributed by atoms with E-state index in [4.69, 9.17) is 0 Å². The highest BCUT2D eigenvalue weighted by Crippen LogP contribution is 2.48. The van der Waals surface area contributed by atoms with Gasteiger partial charge in [0.15, 0.2) is 0 Å². The number of carboxylic acid groups (broad SMARTS) is 1. The quantitative estimate of drug-likeness (QED) is 0.184. The van der Waals surface area contributed by atoms with Crippen LogP contribution < -0.4 is 10.9 Å². The number of fused-ring (bicyclic) bond motifs is 2. The maximum absolute atomic E-state index is 14.7. The number of piperidine rings is 1. The van der Waals surface area contributed by atoms with E-state index in [9.17, 15) is 59.0 Å². The topological polar surface area (TPSA) is 91.6 Å². The van der Waals surface area contributed by atoms with Gasteiger partial charge in [0.05, 0.1) is 16.6 Å². The molecule has 3 aromatic carbocycles. The standard InChI is InChI=1S/C35H32F9N3O4/c1-3-26(33(36,37)38)47-16-14-32(15-17-47,35(42,43)44)31(51)45-24(30(49)50)18-19-8-6-11-21-20(19)10-7-12-22(21)27-28(34(39,40)41)23-9-4-5-13-25(23)46(2)29(27)48/h4-13,24,26H,3,14-18H2,1-2H3,(H,45,51)(H,49,50)/t24-,26-/m0/s1. The van der Waals surface area contributed by atoms with Gasteiger partial charge in [-0.1, -0.05) is 61.5 Å². The molecule has 1 fully saturated rings. The Kier molecular flexibility index (Phi) is 9.97. The van der Waals surface area contributed by atoms with Gasteiger partial charge in [0, 0.05) is 31.9 Å². The van der Waals surface area contributed by atoms with Gasteiger partial charge in [-0.3, -0.25) is 14.5 Å². The Morgan fingerprint density at radius 3 is 2.02 bits per heavy atom. The molecule has 51 heavy (non-hydrogen) atoms. The Hall–Kier alpha value is -4.60. The molecule has 0 unspecified atom stereocenters. The average molecular weight is 730 g/mol. The SMILES string of the molecule is CC[C@H](N1CCC(C(=O)N[C@@H](Cc2cccc3c(-c4c(C(F)(F)F)c5ccccc5n(C)c4=O)cccc23)C(=O)O)(C(F)(F)F)CC1)C(F)(F)F. The minimum absolute atomic E-state index is 0.0346. The molecule has 5 rings (SSSR count). The number of para-hydroxylation sites is 1. The molecular formula is C35H32F9N3O4. The van der Waals surface area contributed by atoms with Gasteiger partial charge < -0.3 is 15.0 Å². The van der Waals surface area contributed by atoms with Gasteiger partial charge in [0.1, 0.15) is 17.5 Å². The van der Waals surface area contributed by atoms with Crippen molar-refractivity contribution in [3.8, 4) is 11.1 Å². The number of hydrogen-bond acceptors (Lipinski definition) is 4. The van der Waals surface area contributed by atoms with E-state index in [0.717, 1.165) is 9.47 Å². The lowest BCUT2D eigenvalue weighted by atomic mass is 9.76. The molecule has 0 saturated carbocycles. The van der Waals surface area contributed by atoms with Crippen molar-refractivity contribution in [1.82, 2.24) is 14.8 Å². The number of alkyl halides is 9. The Balaban J connectivity index is 1.53. The van der Waals surface area contributed by atoms with Crippen LogP contribution in [0, 0.1) is 5.41 Å². The molecule has 274 valence electrons. The van der Waals surface area contributed by atoms with Gasteiger partial charge >= 0.3 is 24.5 Å². The number of nitrogens with one attached hydrogen (secondary N) is 1. The predicted octanol–water partition coefficient (Wildman–Crippen LogP) is 7.47. The van der Waals surface area contributed by atoms with Crippen molar-refractivity contribution >= 4 is 33.6 Å². The number of nitrogens with zero attached hydrogens (tertiary/aromatic N) is 2. The van der Waals surface area contributed by atoms with Crippen LogP contribution in [-0.2, 0) is 29.2 Å². The summed E-state index contributed by atoms with van der Waals surface area (Å²) in [6.07, 6.45) is -18.0. The number of likely N-dealkylation sites (tertiary alicyclic amines) is 1. The molecular weight excluding hydrogens is 697 g/mol. The Bertz CT molecular complexity index is 2030. The number of aryl methyl sites for hydroxylation is 1. The number of carboxylic acids is 1. The summed E-state index contributed by atoms with van der Waals surface area (Å²) in [7, 11) is 1.32. The minimum atomic E-state index is -5.23. The van der Waals surface area contributed by atoms with Crippen LogP contribution in [-0.4, -0.2) is 64.0 Å². The Labute approximate surface area is 284 Å². The summed E-state index contributed by atoms with van der Waals surface area (Å²) in [5.74, 6) is -3.44. The van der Waals surface area contributed by atoms with E-state index in [1.165, 1.54) is 74.6 Å². The lowest BCUT2D eigenvalue weighted by molar-refractivity contribution is -0.241. The summed E-state index contributed by atoms with van der Waals surface area (Å²) in [6.45, 7) is -0.202. The van der Waals surface area contributed by atoms with Crippen molar-refractivity contribution in [3.63, 3.8) is 0 Å². The molecule has 2 N–H and O–H groups in total. The van der Waals surface area contributed by atoms with Crippen molar-refractivity contribution < 1.29 is 54.2 Å². The maximum atomic E-state index is 14.7. The summed E-state index contributed by atoms with van der Waals surface area (Å²) >= 11 is 0. The van der Waals surface area contributed by atoms with E-state index < -0.39 is 103 Å². The van der Waals surface area contributed by atoms with Crippen LogP contribution in [0.2, 0.25) is 0 Å². The molecule has 1 aromatic heterocycles. The highest BCUT2D eigenvalue weighted by atomic mass is 19.4. The third kappa shape index (κ3) is 6.89. The minimum Gasteiger partial charge on any atom is -0.480 e. The first-order valence-electron chi connectivity index (χ1n) is 15.8. The zero-order valence-corrected chi connectivity index (χ0v) is 27.1. The van der Waals surface area contributed by atoms with Crippen molar-refractivity contribution in [1.29, 1.82) is 0 Å². The summed E-state index contributed by atoms with van der Waals surface area (Å²) in [5, 5.41) is 12.0. The Morgan fingerprint density at radius 2 is 1.45 bits per heavy atom. The first-order valence-corrected chi connectivity index (χ1v) is 15.8. The zero-order chi connectivity index (χ0) is 37.7. The van der Waals surface area contributed by atoms with Gasteiger partial charge in [-0.25, -0.2) is 4.79 Å². The highest BCUT2D eigenvalue weighted by Gasteiger charge is 2.62. The number of carbonyl (C=O) groups excluding carboxylic acids is 1. The third-order valence-electron chi connectivity index (χ3n) is 9.73. The molecule has 7 nitrogen and oxygen atoms in total. The molecule has 0 radical (unpaired) electrons. The summed E-state index contributed by atoms with van der Waals surface area (Å²) in [4.78, 5) is 40.1. The average Bonchev–Trinajstić information content (AvgIpc) is 3.04. The summed E-state index contributed by atoms with van der Waals surface area (Å²) in [6, 6.07) is 9.74. The lowest BCUT2D eigenvalue weighted by Gasteiger charge is -2.44. The number of benzene rings is 3. The second kappa shape index (κ2) is 13.5. The highest BCUT2D eigenvalue weighted by molar-refractivity contribution is 6.02. The number of rotatable bonds is 8. The number of pyridine rings is 1. The molecule has 2 atom stereocenters. The van der Waals surface area contributed by atoms with Crippen LogP contribution in [0.4, 0.5) is 39.5 Å². The van der Waals surface area contributed by atoms with Crippen molar-refractivity contribution in [2.45, 2.75) is 63.2 Å². The van der Waals surface area contributed by atoms with Crippen LogP contribution in [0.15, 0.2) is 65.5 Å². The number of aliphatic carboxylic acids is 1. The van der Waals surface area contributed by atoms with Crippen LogP contribution >= 0.6 is 0 Å². The van der Waals surface area contributed by atoms with E-state index >= 15 is 0 Å². The van der Waals surface area contributed by atoms with Gasteiger partial charge in [-0.2, -0.15) is 39.5 Å². The monoisotopic (exact) mass is 729 g/mol. The van der Waals surface area contributed by atoms with E-state index in [2.05, 4.69) is 0 Å². The van der Waals surface area contributed by atoms with Gasteiger partial charge in [-0.05, 0) is 47.2 Å². The van der Waals surface area contributed by atoms with E-state index in [-0.39, 0.29) is 32.8 Å². The number of halogens is 9. The molecule has 1 amide bonds. The first kappa shape index (κ1) is 37.7. The van der Waals surface area contributed by atoms with E-state index in [1.54, 1.807) is 0 Å². The largest absolute Gasteiger partial charge is 0.480 e. The first-order chi connectivity index (χ1) is 23.7. The molecule has 1 aliphatic rings. The lowest BCUT2D eigenvalue weighted by Crippen LogP contribution is -2.61. The smallest absolute Gasteiger partial charge is 0.417 e. The van der Waals surface area contributed by atoms with Crippen molar-refractivity contribution in [2.24, 2.45) is 12.5 Å². The third-order valence-corrected chi connectivity index (χ3v) is 9.73. The summed E-state index contributed by atoms with van der Waals surface area (Å²) < 4.78 is 129. The van der Waals surface area contributed by atoms with E-state index in [0.29, 0.717) is 0 Å². The fourth-order valence-electron chi connectivity index (χ4n) is 7.08. The molecule has 16 heteroatoms. The predicted molar refractivity (Wildman–Crippen MR) is 170 cm³/mol. The van der Waals surface area contributed by atoms with Gasteiger partial charge in [-0.15, -0.1) is 0 Å².